The number of carbonyl (C=O) groups is 2. The zero-order chi connectivity index (χ0) is 47.6. The first-order chi connectivity index (χ1) is 31.4. The Morgan fingerprint density at radius 1 is 0.985 bits per heavy atom. The number of amides is 2. The molecule has 1 fully saturated rings. The van der Waals surface area contributed by atoms with Crippen molar-refractivity contribution in [3.63, 3.8) is 0 Å². The molecule has 15 nitrogen and oxygen atoms in total. The smallest absolute Gasteiger partial charge is 0.405 e. The summed E-state index contributed by atoms with van der Waals surface area (Å²) >= 11 is 3.14. The topological polar surface area (TPSA) is 196 Å². The number of rotatable bonds is 15. The summed E-state index contributed by atoms with van der Waals surface area (Å²) in [7, 11) is 0. The van der Waals surface area contributed by atoms with Crippen LogP contribution in [0.1, 0.15) is 43.3 Å². The Hall–Kier alpha value is -5.74. The van der Waals surface area contributed by atoms with E-state index >= 15 is 0 Å². The summed E-state index contributed by atoms with van der Waals surface area (Å²) in [5.41, 5.74) is 0.711. The van der Waals surface area contributed by atoms with E-state index in [9.17, 15) is 41.8 Å². The Morgan fingerprint density at radius 2 is 1.71 bits per heavy atom. The zero-order valence-electron chi connectivity index (χ0n) is 35.7. The molecule has 5 heterocycles. The number of alkyl halides is 5. The van der Waals surface area contributed by atoms with Crippen LogP contribution in [0.5, 0.6) is 17.2 Å². The van der Waals surface area contributed by atoms with Crippen molar-refractivity contribution < 1.29 is 60.8 Å². The van der Waals surface area contributed by atoms with E-state index in [1.54, 1.807) is 55.3 Å². The van der Waals surface area contributed by atoms with E-state index in [4.69, 9.17) is 14.3 Å². The molecule has 66 heavy (non-hydrogen) atoms. The Morgan fingerprint density at radius 3 is 2.41 bits per heavy atom. The first-order valence-electron chi connectivity index (χ1n) is 20.8. The normalized spacial score (nSPS) is 18.8. The maximum Gasteiger partial charge on any atom is 0.405 e. The van der Waals surface area contributed by atoms with Crippen LogP contribution in [0.3, 0.4) is 0 Å². The molecule has 1 saturated heterocycles. The fraction of sp³-hybridized carbons (Fsp3) is 0.400. The van der Waals surface area contributed by atoms with Crippen molar-refractivity contribution >= 4 is 27.7 Å². The first-order valence-corrected chi connectivity index (χ1v) is 21.6. The highest BCUT2D eigenvalue weighted by Crippen LogP contribution is 2.35. The van der Waals surface area contributed by atoms with Gasteiger partial charge in [-0.05, 0) is 66.4 Å². The lowest BCUT2D eigenvalue weighted by molar-refractivity contribution is -0.144. The van der Waals surface area contributed by atoms with Gasteiger partial charge in [-0.1, -0.05) is 48.5 Å². The summed E-state index contributed by atoms with van der Waals surface area (Å²) in [4.78, 5) is 42.9. The van der Waals surface area contributed by atoms with Gasteiger partial charge in [0.2, 0.25) is 17.7 Å². The molecule has 0 spiro atoms. The number of β-amino-alcohol motifs (C(OH)–C–C–N with tert-alkyl or cyclic N) is 1. The fourth-order valence-corrected chi connectivity index (χ4v) is 8.05. The second kappa shape index (κ2) is 22.2. The van der Waals surface area contributed by atoms with Gasteiger partial charge in [-0.15, -0.1) is 0 Å². The number of benzene rings is 2. The van der Waals surface area contributed by atoms with Gasteiger partial charge >= 0.3 is 12.8 Å². The number of aliphatic hydroxyl groups excluding tert-OH is 2. The maximum atomic E-state index is 14.0. The average Bonchev–Trinajstić information content (AvgIpc) is 3.78. The van der Waals surface area contributed by atoms with E-state index in [0.717, 1.165) is 16.2 Å². The molecular formula is C45H49BrF5N7O8. The van der Waals surface area contributed by atoms with Crippen LogP contribution >= 0.6 is 15.9 Å². The monoisotopic (exact) mass is 989 g/mol. The summed E-state index contributed by atoms with van der Waals surface area (Å²) in [5.74, 6) is -1.24. The van der Waals surface area contributed by atoms with Crippen molar-refractivity contribution in [3.05, 3.63) is 119 Å². The lowest BCUT2D eigenvalue weighted by Crippen LogP contribution is -2.63. The molecule has 354 valence electrons. The standard InChI is InChI=1S/C40H45F5N6O7.C5H4BrNO/c1-39(2,37-47-19-33(58-37)26-16-28(18-46-17-26)57-38(41)42)51-13-12-50(30(21-51)36(55)48-23-40(43,44)45)20-27(52)15-25(14-24-8-4-3-5-9-24)35(54)49-34-29-10-6-7-11-32(29)56-22-31(34)53;6-4-1-5(8)3-7-2-4/h3-11,16-19,25,27,30-31,34,38,52-53H,12-15,20-23H2,1-2H3,(H,48,55)(H,49,54);1-3,8H/t25-,27+,30+,31-,34+;/m1./s1. The third-order valence-corrected chi connectivity index (χ3v) is 11.5. The van der Waals surface area contributed by atoms with Gasteiger partial charge in [0.05, 0.1) is 36.3 Å². The van der Waals surface area contributed by atoms with Crippen molar-refractivity contribution in [3.8, 4) is 28.6 Å². The number of oxazole rings is 1. The molecule has 7 rings (SSSR count). The third-order valence-electron chi connectivity index (χ3n) is 11.0. The summed E-state index contributed by atoms with van der Waals surface area (Å²) in [6, 6.07) is 17.2. The number of fused-ring (bicyclic) bond motifs is 1. The quantitative estimate of drug-likeness (QED) is 0.0767. The summed E-state index contributed by atoms with van der Waals surface area (Å²) in [6.45, 7) is -0.968. The number of nitrogens with one attached hydrogen (secondary N) is 2. The fourth-order valence-electron chi connectivity index (χ4n) is 7.70. The van der Waals surface area contributed by atoms with Crippen LogP contribution in [0.4, 0.5) is 22.0 Å². The van der Waals surface area contributed by atoms with Crippen LogP contribution in [-0.2, 0) is 21.5 Å². The number of nitrogens with zero attached hydrogens (tertiary/aromatic N) is 5. The number of aromatic nitrogens is 3. The zero-order valence-corrected chi connectivity index (χ0v) is 37.3. The number of halogens is 6. The highest BCUT2D eigenvalue weighted by Gasteiger charge is 2.43. The Kier molecular flexibility index (Phi) is 16.7. The van der Waals surface area contributed by atoms with Crippen LogP contribution in [0.2, 0.25) is 0 Å². The van der Waals surface area contributed by atoms with Crippen molar-refractivity contribution in [2.24, 2.45) is 5.92 Å². The van der Waals surface area contributed by atoms with Crippen molar-refractivity contribution in [2.75, 3.05) is 39.3 Å². The maximum absolute atomic E-state index is 14.0. The Balaban J connectivity index is 0.000000813. The molecule has 0 unspecified atom stereocenters. The lowest BCUT2D eigenvalue weighted by atomic mass is 9.90. The van der Waals surface area contributed by atoms with Crippen molar-refractivity contribution in [1.29, 1.82) is 0 Å². The molecule has 0 bridgehead atoms. The van der Waals surface area contributed by atoms with Gasteiger partial charge in [-0.25, -0.2) is 4.98 Å². The van der Waals surface area contributed by atoms with Gasteiger partial charge < -0.3 is 39.8 Å². The van der Waals surface area contributed by atoms with Gasteiger partial charge in [0.1, 0.15) is 42.5 Å². The minimum Gasteiger partial charge on any atom is -0.506 e. The van der Waals surface area contributed by atoms with E-state index in [0.29, 0.717) is 16.9 Å². The number of carbonyl (C=O) groups excluding carboxylic acids is 2. The number of piperazine rings is 1. The van der Waals surface area contributed by atoms with Gasteiger partial charge in [0.25, 0.3) is 0 Å². The number of aromatic hydroxyl groups is 1. The molecule has 3 aromatic heterocycles. The largest absolute Gasteiger partial charge is 0.506 e. The van der Waals surface area contributed by atoms with E-state index in [1.165, 1.54) is 24.7 Å². The molecule has 21 heteroatoms. The lowest BCUT2D eigenvalue weighted by Gasteiger charge is -2.46. The molecular weight excluding hydrogens is 941 g/mol. The Labute approximate surface area is 385 Å². The van der Waals surface area contributed by atoms with Gasteiger partial charge in [-0.3, -0.25) is 29.4 Å². The minimum absolute atomic E-state index is 0.0317. The summed E-state index contributed by atoms with van der Waals surface area (Å²) in [6.07, 6.45) is 0.129. The molecule has 5 N–H and O–H groups in total. The number of hydrogen-bond acceptors (Lipinski definition) is 13. The Bertz CT molecular complexity index is 2360. The average molecular weight is 991 g/mol. The van der Waals surface area contributed by atoms with E-state index in [-0.39, 0.29) is 68.8 Å². The molecule has 2 aliphatic heterocycles. The van der Waals surface area contributed by atoms with Gasteiger partial charge in [0.15, 0.2) is 5.76 Å². The second-order valence-corrected chi connectivity index (χ2v) is 17.1. The van der Waals surface area contributed by atoms with Crippen molar-refractivity contribution in [2.45, 2.75) is 69.3 Å². The molecule has 2 amide bonds. The number of para-hydroxylation sites is 1. The minimum atomic E-state index is -4.68. The number of hydrogen-bond donors (Lipinski definition) is 5. The predicted molar refractivity (Wildman–Crippen MR) is 232 cm³/mol. The van der Waals surface area contributed by atoms with Gasteiger partial charge in [0, 0.05) is 60.1 Å². The second-order valence-electron chi connectivity index (χ2n) is 16.2. The molecule has 2 aromatic carbocycles. The van der Waals surface area contributed by atoms with Crippen LogP contribution in [-0.4, -0.2) is 122 Å². The summed E-state index contributed by atoms with van der Waals surface area (Å²) in [5, 5.41) is 36.0. The highest BCUT2D eigenvalue weighted by molar-refractivity contribution is 9.10. The third kappa shape index (κ3) is 13.7. The molecule has 5 atom stereocenters. The molecule has 0 saturated carbocycles. The predicted octanol–water partition coefficient (Wildman–Crippen LogP) is 6.01. The van der Waals surface area contributed by atoms with Crippen LogP contribution in [0.15, 0.2) is 107 Å². The number of pyridine rings is 2. The summed E-state index contributed by atoms with van der Waals surface area (Å²) < 4.78 is 82.3. The molecule has 0 radical (unpaired) electrons. The van der Waals surface area contributed by atoms with Crippen molar-refractivity contribution in [1.82, 2.24) is 35.4 Å². The van der Waals surface area contributed by atoms with Crippen LogP contribution < -0.4 is 20.1 Å². The van der Waals surface area contributed by atoms with E-state index in [1.807, 2.05) is 40.5 Å². The SMILES string of the molecule is CC(C)(c1ncc(-c2cncc(OC(F)F)c2)o1)N1CCN(C[C@@H](O)C[C@@H](Cc2ccccc2)C(=O)N[C@H]2c3ccccc3OC[C@H]2O)[C@H](C(=O)NCC(F)(F)F)C1.Oc1cncc(Br)c1. The number of aliphatic hydroxyl groups is 2. The van der Waals surface area contributed by atoms with Gasteiger partial charge in [-0.2, -0.15) is 22.0 Å². The van der Waals surface area contributed by atoms with E-state index in [2.05, 4.69) is 40.9 Å². The van der Waals surface area contributed by atoms with Crippen LogP contribution in [0.25, 0.3) is 11.3 Å². The first kappa shape index (κ1) is 49.7. The molecule has 2 aliphatic rings. The number of ether oxygens (including phenoxy) is 2. The van der Waals surface area contributed by atoms with E-state index < -0.39 is 66.9 Å². The highest BCUT2D eigenvalue weighted by atomic mass is 79.9. The molecule has 0 aliphatic carbocycles. The molecule has 5 aromatic rings. The van der Waals surface area contributed by atoms with Crippen LogP contribution in [0, 0.1) is 5.92 Å².